The summed E-state index contributed by atoms with van der Waals surface area (Å²) in [4.78, 5) is 4.06. The zero-order chi connectivity index (χ0) is 14.6. The van der Waals surface area contributed by atoms with Crippen LogP contribution in [0.2, 0.25) is 0 Å². The van der Waals surface area contributed by atoms with Crippen molar-refractivity contribution in [1.82, 2.24) is 14.9 Å². The molecule has 0 radical (unpaired) electrons. The maximum absolute atomic E-state index is 12.2. The minimum Gasteiger partial charge on any atom is -0.377 e. The van der Waals surface area contributed by atoms with Crippen molar-refractivity contribution in [2.75, 3.05) is 5.32 Å². The van der Waals surface area contributed by atoms with Crippen molar-refractivity contribution >= 4 is 15.7 Å². The van der Waals surface area contributed by atoms with Crippen LogP contribution in [0.15, 0.2) is 40.1 Å². The predicted octanol–water partition coefficient (Wildman–Crippen LogP) is 1.37. The van der Waals surface area contributed by atoms with Crippen LogP contribution in [0.25, 0.3) is 0 Å². The second-order valence-corrected chi connectivity index (χ2v) is 6.16. The summed E-state index contributed by atoms with van der Waals surface area (Å²) < 4.78 is 31.6. The molecule has 2 rings (SSSR count). The van der Waals surface area contributed by atoms with Gasteiger partial charge in [-0.05, 0) is 26.0 Å². The third-order valence-electron chi connectivity index (χ3n) is 2.41. The summed E-state index contributed by atoms with van der Waals surface area (Å²) in [6.07, 6.45) is 1.22. The number of rotatable bonds is 6. The summed E-state index contributed by atoms with van der Waals surface area (Å²) in [5, 5.41) is 6.65. The smallest absolute Gasteiger partial charge is 0.242 e. The fourth-order valence-electron chi connectivity index (χ4n) is 1.67. The van der Waals surface area contributed by atoms with Crippen molar-refractivity contribution in [2.24, 2.45) is 0 Å². The molecule has 0 spiro atoms. The number of hydrogen-bond acceptors (Lipinski definition) is 6. The molecule has 0 fully saturated rings. The normalized spacial score (nSPS) is 11.8. The van der Waals surface area contributed by atoms with E-state index in [1.54, 1.807) is 38.1 Å². The fourth-order valence-corrected chi connectivity index (χ4v) is 3.10. The predicted molar refractivity (Wildman–Crippen MR) is 73.5 cm³/mol. The second-order valence-electron chi connectivity index (χ2n) is 4.47. The first kappa shape index (κ1) is 14.5. The van der Waals surface area contributed by atoms with Gasteiger partial charge in [0.05, 0.1) is 12.2 Å². The molecule has 0 amide bonds. The molecule has 0 unspecified atom stereocenters. The molecule has 2 N–H and O–H groups in total. The van der Waals surface area contributed by atoms with E-state index < -0.39 is 10.0 Å². The standard InChI is InChI=1S/C12H16N4O3S/c1-9(2)16-20(17,18)11-6-4-3-5-10(11)13-7-12-14-8-19-15-12/h3-6,8-9,13,16H,7H2,1-2H3. The average molecular weight is 296 g/mol. The van der Waals surface area contributed by atoms with Gasteiger partial charge in [-0.2, -0.15) is 4.98 Å². The van der Waals surface area contributed by atoms with E-state index in [2.05, 4.69) is 24.7 Å². The van der Waals surface area contributed by atoms with Crippen LogP contribution in [0.3, 0.4) is 0 Å². The number of sulfonamides is 1. The van der Waals surface area contributed by atoms with E-state index in [0.29, 0.717) is 11.5 Å². The van der Waals surface area contributed by atoms with E-state index in [1.807, 2.05) is 0 Å². The Balaban J connectivity index is 2.22. The molecule has 108 valence electrons. The van der Waals surface area contributed by atoms with E-state index in [4.69, 9.17) is 0 Å². The lowest BCUT2D eigenvalue weighted by Crippen LogP contribution is -2.30. The van der Waals surface area contributed by atoms with Crippen LogP contribution in [-0.4, -0.2) is 24.6 Å². The Bertz CT molecular complexity index is 653. The monoisotopic (exact) mass is 296 g/mol. The van der Waals surface area contributed by atoms with Crippen LogP contribution in [0.5, 0.6) is 0 Å². The van der Waals surface area contributed by atoms with Crippen LogP contribution >= 0.6 is 0 Å². The Kier molecular flexibility index (Phi) is 4.35. The number of nitrogens with one attached hydrogen (secondary N) is 2. The van der Waals surface area contributed by atoms with E-state index in [9.17, 15) is 8.42 Å². The number of benzene rings is 1. The lowest BCUT2D eigenvalue weighted by Gasteiger charge is -2.14. The van der Waals surface area contributed by atoms with Gasteiger partial charge in [-0.25, -0.2) is 13.1 Å². The molecule has 0 saturated heterocycles. The summed E-state index contributed by atoms with van der Waals surface area (Å²) in [6, 6.07) is 6.49. The minimum atomic E-state index is -3.56. The van der Waals surface area contributed by atoms with Gasteiger partial charge in [-0.3, -0.25) is 0 Å². The van der Waals surface area contributed by atoms with E-state index in [0.717, 1.165) is 0 Å². The number of anilines is 1. The molecule has 0 bridgehead atoms. The van der Waals surface area contributed by atoms with Gasteiger partial charge in [0.25, 0.3) is 0 Å². The first-order valence-corrected chi connectivity index (χ1v) is 7.58. The van der Waals surface area contributed by atoms with E-state index in [1.165, 1.54) is 6.39 Å². The number of hydrogen-bond donors (Lipinski definition) is 2. The van der Waals surface area contributed by atoms with Gasteiger partial charge in [-0.1, -0.05) is 17.3 Å². The first-order valence-electron chi connectivity index (χ1n) is 6.09. The van der Waals surface area contributed by atoms with Crippen molar-refractivity contribution in [2.45, 2.75) is 31.3 Å². The van der Waals surface area contributed by atoms with Gasteiger partial charge in [-0.15, -0.1) is 0 Å². The largest absolute Gasteiger partial charge is 0.377 e. The average Bonchev–Trinajstić information content (AvgIpc) is 2.88. The molecule has 8 heteroatoms. The SMILES string of the molecule is CC(C)NS(=O)(=O)c1ccccc1NCc1ncon1. The topological polar surface area (TPSA) is 97.1 Å². The Labute approximate surface area is 117 Å². The second kappa shape index (κ2) is 6.02. The highest BCUT2D eigenvalue weighted by atomic mass is 32.2. The van der Waals surface area contributed by atoms with Crippen molar-refractivity contribution < 1.29 is 12.9 Å². The Morgan fingerprint density at radius 3 is 2.70 bits per heavy atom. The van der Waals surface area contributed by atoms with Crippen LogP contribution in [0.4, 0.5) is 5.69 Å². The highest BCUT2D eigenvalue weighted by molar-refractivity contribution is 7.89. The first-order chi connectivity index (χ1) is 9.49. The molecule has 0 aliphatic heterocycles. The zero-order valence-electron chi connectivity index (χ0n) is 11.2. The third-order valence-corrected chi connectivity index (χ3v) is 4.13. The van der Waals surface area contributed by atoms with Gasteiger partial charge in [0, 0.05) is 6.04 Å². The summed E-state index contributed by atoms with van der Waals surface area (Å²) in [5.74, 6) is 0.453. The number of nitrogens with zero attached hydrogens (tertiary/aromatic N) is 2. The molecule has 1 aromatic carbocycles. The molecule has 1 heterocycles. The molecule has 0 atom stereocenters. The molecular weight excluding hydrogens is 280 g/mol. The Morgan fingerprint density at radius 1 is 1.30 bits per heavy atom. The van der Waals surface area contributed by atoms with Crippen LogP contribution in [0, 0.1) is 0 Å². The maximum atomic E-state index is 12.2. The highest BCUT2D eigenvalue weighted by Gasteiger charge is 2.19. The van der Waals surface area contributed by atoms with Gasteiger partial charge in [0.15, 0.2) is 5.82 Å². The summed E-state index contributed by atoms with van der Waals surface area (Å²) in [5.41, 5.74) is 0.491. The third kappa shape index (κ3) is 3.55. The maximum Gasteiger partial charge on any atom is 0.242 e. The van der Waals surface area contributed by atoms with E-state index >= 15 is 0 Å². The van der Waals surface area contributed by atoms with Gasteiger partial charge < -0.3 is 9.84 Å². The molecule has 2 aromatic rings. The molecule has 7 nitrogen and oxygen atoms in total. The summed E-state index contributed by atoms with van der Waals surface area (Å²) in [6.45, 7) is 3.82. The van der Waals surface area contributed by atoms with Gasteiger partial charge in [0.2, 0.25) is 16.4 Å². The van der Waals surface area contributed by atoms with E-state index in [-0.39, 0.29) is 17.5 Å². The van der Waals surface area contributed by atoms with Crippen LogP contribution < -0.4 is 10.0 Å². The van der Waals surface area contributed by atoms with Gasteiger partial charge >= 0.3 is 0 Å². The van der Waals surface area contributed by atoms with Gasteiger partial charge in [0.1, 0.15) is 4.90 Å². The molecule has 0 saturated carbocycles. The minimum absolute atomic E-state index is 0.176. The summed E-state index contributed by atoms with van der Waals surface area (Å²) >= 11 is 0. The van der Waals surface area contributed by atoms with Crippen LogP contribution in [-0.2, 0) is 16.6 Å². The van der Waals surface area contributed by atoms with Crippen molar-refractivity contribution in [3.63, 3.8) is 0 Å². The molecule has 0 aliphatic rings. The molecular formula is C12H16N4O3S. The van der Waals surface area contributed by atoms with Crippen molar-refractivity contribution in [1.29, 1.82) is 0 Å². The highest BCUT2D eigenvalue weighted by Crippen LogP contribution is 2.21. The quantitative estimate of drug-likeness (QED) is 0.835. The van der Waals surface area contributed by atoms with Crippen molar-refractivity contribution in [3.05, 3.63) is 36.5 Å². The fraction of sp³-hybridized carbons (Fsp3) is 0.333. The lowest BCUT2D eigenvalue weighted by molar-refractivity contribution is 0.411. The molecule has 1 aromatic heterocycles. The zero-order valence-corrected chi connectivity index (χ0v) is 12.0. The Morgan fingerprint density at radius 2 is 2.05 bits per heavy atom. The number of para-hydroxylation sites is 1. The summed E-state index contributed by atoms with van der Waals surface area (Å²) in [7, 11) is -3.56. The molecule has 0 aliphatic carbocycles. The van der Waals surface area contributed by atoms with Crippen molar-refractivity contribution in [3.8, 4) is 0 Å². The lowest BCUT2D eigenvalue weighted by atomic mass is 10.3. The van der Waals surface area contributed by atoms with Crippen LogP contribution in [0.1, 0.15) is 19.7 Å². The number of aromatic nitrogens is 2. The Hall–Kier alpha value is -1.93. The molecule has 20 heavy (non-hydrogen) atoms.